The van der Waals surface area contributed by atoms with Gasteiger partial charge in [0.05, 0.1) is 20.2 Å². The third-order valence-electron chi connectivity index (χ3n) is 4.84. The van der Waals surface area contributed by atoms with Gasteiger partial charge in [0, 0.05) is 25.7 Å². The van der Waals surface area contributed by atoms with Crippen LogP contribution in [0.5, 0.6) is 11.5 Å². The molecule has 0 aromatic heterocycles. The van der Waals surface area contributed by atoms with Crippen LogP contribution < -0.4 is 15.2 Å². The van der Waals surface area contributed by atoms with Crippen LogP contribution in [0, 0.1) is 0 Å². The van der Waals surface area contributed by atoms with Crippen molar-refractivity contribution in [1.29, 1.82) is 0 Å². The van der Waals surface area contributed by atoms with Gasteiger partial charge in [-0.3, -0.25) is 9.59 Å². The van der Waals surface area contributed by atoms with Gasteiger partial charge in [0.1, 0.15) is 18.8 Å². The summed E-state index contributed by atoms with van der Waals surface area (Å²) in [6.45, 7) is 2.34. The van der Waals surface area contributed by atoms with E-state index in [0.717, 1.165) is 0 Å². The van der Waals surface area contributed by atoms with Crippen molar-refractivity contribution in [3.8, 4) is 11.5 Å². The maximum absolute atomic E-state index is 12.9. The zero-order chi connectivity index (χ0) is 18.7. The Hall–Kier alpha value is -2.32. The summed E-state index contributed by atoms with van der Waals surface area (Å²) in [7, 11) is 3.32. The highest BCUT2D eigenvalue weighted by atomic mass is 16.5. The van der Waals surface area contributed by atoms with E-state index < -0.39 is 5.60 Å². The van der Waals surface area contributed by atoms with Crippen molar-refractivity contribution in [1.82, 2.24) is 9.80 Å². The van der Waals surface area contributed by atoms with Gasteiger partial charge < -0.3 is 29.7 Å². The summed E-state index contributed by atoms with van der Waals surface area (Å²) < 4.78 is 16.6. The molecular formula is C18H25N3O5. The molecule has 1 aromatic carbocycles. The summed E-state index contributed by atoms with van der Waals surface area (Å²) in [5.41, 5.74) is 5.54. The number of methoxy groups -OCH3 is 1. The molecule has 0 unspecified atom stereocenters. The molecule has 1 aromatic rings. The van der Waals surface area contributed by atoms with E-state index in [4.69, 9.17) is 19.9 Å². The van der Waals surface area contributed by atoms with Gasteiger partial charge >= 0.3 is 0 Å². The first-order valence-corrected chi connectivity index (χ1v) is 8.66. The van der Waals surface area contributed by atoms with Crippen LogP contribution in [0.3, 0.4) is 0 Å². The maximum Gasteiger partial charge on any atom is 0.254 e. The summed E-state index contributed by atoms with van der Waals surface area (Å²) in [5.74, 6) is 0.933. The number of morpholine rings is 1. The highest BCUT2D eigenvalue weighted by Crippen LogP contribution is 2.32. The second-order valence-electron chi connectivity index (χ2n) is 6.70. The predicted octanol–water partition coefficient (Wildman–Crippen LogP) is 0.106. The van der Waals surface area contributed by atoms with Crippen LogP contribution in [0.2, 0.25) is 0 Å². The molecule has 1 atom stereocenters. The first kappa shape index (κ1) is 18.5. The molecular weight excluding hydrogens is 338 g/mol. The van der Waals surface area contributed by atoms with Crippen molar-refractivity contribution in [2.45, 2.75) is 12.0 Å². The van der Waals surface area contributed by atoms with E-state index in [2.05, 4.69) is 0 Å². The number of rotatable bonds is 5. The van der Waals surface area contributed by atoms with Crippen LogP contribution in [0.1, 0.15) is 16.8 Å². The molecule has 1 spiro atoms. The fraction of sp³-hybridized carbons (Fsp3) is 0.556. The van der Waals surface area contributed by atoms with Crippen molar-refractivity contribution in [3.05, 3.63) is 23.8 Å². The second-order valence-corrected chi connectivity index (χ2v) is 6.70. The molecule has 0 saturated carbocycles. The van der Waals surface area contributed by atoms with E-state index in [1.807, 2.05) is 0 Å². The van der Waals surface area contributed by atoms with Crippen molar-refractivity contribution in [3.63, 3.8) is 0 Å². The fourth-order valence-corrected chi connectivity index (χ4v) is 3.43. The molecule has 2 saturated heterocycles. The number of nitrogens with zero attached hydrogens (tertiary/aromatic N) is 2. The Morgan fingerprint density at radius 3 is 2.85 bits per heavy atom. The number of ether oxygens (including phenoxy) is 3. The topological polar surface area (TPSA) is 94.3 Å². The average Bonchev–Trinajstić information content (AvgIpc) is 3.06. The van der Waals surface area contributed by atoms with Crippen LogP contribution in [0.25, 0.3) is 0 Å². The highest BCUT2D eigenvalue weighted by molar-refractivity contribution is 5.95. The van der Waals surface area contributed by atoms with Gasteiger partial charge in [-0.1, -0.05) is 0 Å². The minimum atomic E-state index is -0.469. The molecule has 142 valence electrons. The highest BCUT2D eigenvalue weighted by Gasteiger charge is 2.45. The Balaban J connectivity index is 1.73. The average molecular weight is 363 g/mol. The van der Waals surface area contributed by atoms with Gasteiger partial charge in [0.2, 0.25) is 5.91 Å². The summed E-state index contributed by atoms with van der Waals surface area (Å²) >= 11 is 0. The molecule has 3 rings (SSSR count). The molecule has 0 radical (unpaired) electrons. The summed E-state index contributed by atoms with van der Waals surface area (Å²) in [6.07, 6.45) is 0.711. The second kappa shape index (κ2) is 7.51. The molecule has 2 aliphatic rings. The number of likely N-dealkylation sites (N-methyl/N-ethyl adjacent to an activating group) is 1. The molecule has 2 aliphatic heterocycles. The van der Waals surface area contributed by atoms with Crippen LogP contribution in [0.4, 0.5) is 0 Å². The predicted molar refractivity (Wildman–Crippen MR) is 94.4 cm³/mol. The Labute approximate surface area is 152 Å². The number of amides is 2. The molecule has 8 heteroatoms. The maximum atomic E-state index is 12.9. The Kier molecular flexibility index (Phi) is 5.33. The molecule has 2 fully saturated rings. The normalized spacial score (nSPS) is 22.8. The smallest absolute Gasteiger partial charge is 0.254 e. The quantitative estimate of drug-likeness (QED) is 0.798. The zero-order valence-corrected chi connectivity index (χ0v) is 15.2. The number of hydrogen-bond acceptors (Lipinski definition) is 6. The van der Waals surface area contributed by atoms with E-state index in [-0.39, 0.29) is 18.4 Å². The van der Waals surface area contributed by atoms with E-state index in [1.165, 1.54) is 0 Å². The summed E-state index contributed by atoms with van der Waals surface area (Å²) in [4.78, 5) is 28.0. The third-order valence-corrected chi connectivity index (χ3v) is 4.84. The SMILES string of the molecule is COc1ccc(C(=O)N2CC[C@]3(CN(C)C(=O)CO3)C2)cc1OCCN. The Morgan fingerprint density at radius 1 is 1.35 bits per heavy atom. The lowest BCUT2D eigenvalue weighted by atomic mass is 10.0. The first-order valence-electron chi connectivity index (χ1n) is 8.66. The number of hydrogen-bond donors (Lipinski definition) is 1. The molecule has 0 bridgehead atoms. The van der Waals surface area contributed by atoms with Crippen LogP contribution in [0.15, 0.2) is 18.2 Å². The molecule has 8 nitrogen and oxygen atoms in total. The van der Waals surface area contributed by atoms with Gasteiger partial charge in [-0.15, -0.1) is 0 Å². The van der Waals surface area contributed by atoms with Gasteiger partial charge in [0.25, 0.3) is 5.91 Å². The van der Waals surface area contributed by atoms with E-state index in [9.17, 15) is 9.59 Å². The van der Waals surface area contributed by atoms with E-state index in [0.29, 0.717) is 56.3 Å². The lowest BCUT2D eigenvalue weighted by Crippen LogP contribution is -2.54. The summed E-state index contributed by atoms with van der Waals surface area (Å²) in [5, 5.41) is 0. The van der Waals surface area contributed by atoms with Crippen molar-refractivity contribution < 1.29 is 23.8 Å². The summed E-state index contributed by atoms with van der Waals surface area (Å²) in [6, 6.07) is 5.12. The van der Waals surface area contributed by atoms with Gasteiger partial charge in [0.15, 0.2) is 11.5 Å². The Morgan fingerprint density at radius 2 is 2.15 bits per heavy atom. The number of benzene rings is 1. The molecule has 0 aliphatic carbocycles. The van der Waals surface area contributed by atoms with Gasteiger partial charge in [-0.25, -0.2) is 0 Å². The van der Waals surface area contributed by atoms with Gasteiger partial charge in [-0.2, -0.15) is 0 Å². The van der Waals surface area contributed by atoms with E-state index in [1.54, 1.807) is 42.2 Å². The lowest BCUT2D eigenvalue weighted by Gasteiger charge is -2.38. The fourth-order valence-electron chi connectivity index (χ4n) is 3.43. The van der Waals surface area contributed by atoms with Crippen LogP contribution in [-0.2, 0) is 9.53 Å². The number of nitrogens with two attached hydrogens (primary N) is 1. The lowest BCUT2D eigenvalue weighted by molar-refractivity contribution is -0.158. The van der Waals surface area contributed by atoms with E-state index >= 15 is 0 Å². The van der Waals surface area contributed by atoms with Crippen molar-refractivity contribution in [2.75, 3.05) is 53.6 Å². The standard InChI is InChI=1S/C18H25N3O5/c1-20-11-18(26-10-16(20)22)5-7-21(12-18)17(23)13-3-4-14(24-2)15(9-13)25-8-6-19/h3-4,9H,5-8,10-12,19H2,1-2H3/t18-/m0/s1. The van der Waals surface area contributed by atoms with Crippen LogP contribution in [-0.4, -0.2) is 80.8 Å². The largest absolute Gasteiger partial charge is 0.493 e. The van der Waals surface area contributed by atoms with Crippen molar-refractivity contribution in [2.24, 2.45) is 5.73 Å². The molecule has 2 amide bonds. The molecule has 2 heterocycles. The van der Waals surface area contributed by atoms with Gasteiger partial charge in [-0.05, 0) is 24.6 Å². The minimum absolute atomic E-state index is 0.0303. The number of likely N-dealkylation sites (tertiary alicyclic amines) is 1. The third kappa shape index (κ3) is 3.61. The number of carbonyl (C=O) groups is 2. The molecule has 2 N–H and O–H groups in total. The minimum Gasteiger partial charge on any atom is -0.493 e. The Bertz CT molecular complexity index is 695. The number of carbonyl (C=O) groups excluding carboxylic acids is 2. The van der Waals surface area contributed by atoms with Crippen LogP contribution >= 0.6 is 0 Å². The first-order chi connectivity index (χ1) is 12.5. The monoisotopic (exact) mass is 363 g/mol. The zero-order valence-electron chi connectivity index (χ0n) is 15.2. The molecule has 26 heavy (non-hydrogen) atoms. The van der Waals surface area contributed by atoms with Crippen molar-refractivity contribution >= 4 is 11.8 Å².